The summed E-state index contributed by atoms with van der Waals surface area (Å²) in [6, 6.07) is 7.40. The number of aromatic nitrogens is 1. The minimum absolute atomic E-state index is 0.184. The molecule has 0 unspecified atom stereocenters. The van der Waals surface area contributed by atoms with Crippen LogP contribution in [0.4, 0.5) is 0 Å². The van der Waals surface area contributed by atoms with Crippen molar-refractivity contribution >= 4 is 23.4 Å². The van der Waals surface area contributed by atoms with Crippen molar-refractivity contribution in [1.29, 1.82) is 0 Å². The lowest BCUT2D eigenvalue weighted by molar-refractivity contribution is 0.322. The van der Waals surface area contributed by atoms with Crippen molar-refractivity contribution in [1.82, 2.24) is 4.98 Å². The Morgan fingerprint density at radius 1 is 1.41 bits per heavy atom. The first-order chi connectivity index (χ1) is 8.29. The molecule has 3 nitrogen and oxygen atoms in total. The molecule has 17 heavy (non-hydrogen) atoms. The van der Waals surface area contributed by atoms with E-state index in [0.717, 1.165) is 17.0 Å². The molecule has 0 aliphatic rings. The Balaban J connectivity index is 2.07. The van der Waals surface area contributed by atoms with E-state index in [4.69, 9.17) is 21.1 Å². The van der Waals surface area contributed by atoms with Gasteiger partial charge in [-0.25, -0.2) is 4.98 Å². The van der Waals surface area contributed by atoms with Gasteiger partial charge in [-0.1, -0.05) is 17.7 Å². The topological polar surface area (TPSA) is 46.3 Å². The summed E-state index contributed by atoms with van der Waals surface area (Å²) in [5.74, 6) is 2.02. The van der Waals surface area contributed by atoms with Crippen molar-refractivity contribution in [2.75, 3.05) is 12.4 Å². The molecule has 1 aromatic carbocycles. The quantitative estimate of drug-likeness (QED) is 0.847. The number of hydrogen-bond donors (Lipinski definition) is 1. The number of aliphatic hydroxyl groups excluding tert-OH is 1. The van der Waals surface area contributed by atoms with E-state index in [1.807, 2.05) is 24.3 Å². The predicted octanol–water partition coefficient (Wildman–Crippen LogP) is 3.22. The van der Waals surface area contributed by atoms with Crippen LogP contribution < -0.4 is 0 Å². The fraction of sp³-hybridized carbons (Fsp3) is 0.250. The molecule has 1 N–H and O–H groups in total. The van der Waals surface area contributed by atoms with Crippen LogP contribution in [0.5, 0.6) is 0 Å². The van der Waals surface area contributed by atoms with E-state index in [1.165, 1.54) is 0 Å². The van der Waals surface area contributed by atoms with Crippen LogP contribution in [-0.2, 0) is 5.75 Å². The van der Waals surface area contributed by atoms with Crippen molar-refractivity contribution in [3.63, 3.8) is 0 Å². The Bertz CT molecular complexity index is 487. The number of aliphatic hydroxyl groups is 1. The van der Waals surface area contributed by atoms with Gasteiger partial charge in [-0.15, -0.1) is 0 Å². The number of thioether (sulfide) groups is 1. The zero-order valence-electron chi connectivity index (χ0n) is 9.10. The molecule has 0 fully saturated rings. The Kier molecular flexibility index (Phi) is 4.48. The number of hydrogen-bond acceptors (Lipinski definition) is 4. The molecule has 2 aromatic rings. The van der Waals surface area contributed by atoms with Crippen LogP contribution in [0.1, 0.15) is 5.69 Å². The largest absolute Gasteiger partial charge is 0.444 e. The highest BCUT2D eigenvalue weighted by molar-refractivity contribution is 7.98. The second kappa shape index (κ2) is 6.10. The van der Waals surface area contributed by atoms with Crippen molar-refractivity contribution in [3.8, 4) is 11.5 Å². The Morgan fingerprint density at radius 3 is 3.06 bits per heavy atom. The maximum atomic E-state index is 8.68. The highest BCUT2D eigenvalue weighted by Gasteiger charge is 2.06. The van der Waals surface area contributed by atoms with Gasteiger partial charge in [-0.3, -0.25) is 0 Å². The average Bonchev–Trinajstić information content (AvgIpc) is 2.78. The first-order valence-corrected chi connectivity index (χ1v) is 6.72. The molecule has 0 saturated heterocycles. The van der Waals surface area contributed by atoms with Gasteiger partial charge in [0.2, 0.25) is 5.89 Å². The highest BCUT2D eigenvalue weighted by atomic mass is 35.5. The second-order valence-electron chi connectivity index (χ2n) is 3.43. The first-order valence-electron chi connectivity index (χ1n) is 5.18. The van der Waals surface area contributed by atoms with Crippen molar-refractivity contribution in [3.05, 3.63) is 41.2 Å². The summed E-state index contributed by atoms with van der Waals surface area (Å²) >= 11 is 7.52. The molecule has 0 bridgehead atoms. The van der Waals surface area contributed by atoms with E-state index >= 15 is 0 Å². The van der Waals surface area contributed by atoms with Gasteiger partial charge in [0.1, 0.15) is 6.26 Å². The van der Waals surface area contributed by atoms with Gasteiger partial charge < -0.3 is 9.52 Å². The number of benzene rings is 1. The Morgan fingerprint density at radius 2 is 2.29 bits per heavy atom. The highest BCUT2D eigenvalue weighted by Crippen LogP contribution is 2.23. The summed E-state index contributed by atoms with van der Waals surface area (Å²) in [5.41, 5.74) is 1.74. The number of halogens is 1. The second-order valence-corrected chi connectivity index (χ2v) is 4.97. The van der Waals surface area contributed by atoms with Crippen LogP contribution >= 0.6 is 23.4 Å². The molecule has 90 valence electrons. The molecule has 0 atom stereocenters. The summed E-state index contributed by atoms with van der Waals surface area (Å²) in [6.45, 7) is 0.184. The summed E-state index contributed by atoms with van der Waals surface area (Å²) < 4.78 is 5.39. The molecular weight excluding hydrogens is 258 g/mol. The summed E-state index contributed by atoms with van der Waals surface area (Å²) in [4.78, 5) is 4.37. The first kappa shape index (κ1) is 12.5. The lowest BCUT2D eigenvalue weighted by Gasteiger charge is -1.95. The van der Waals surface area contributed by atoms with Gasteiger partial charge in [0.25, 0.3) is 0 Å². The molecular formula is C12H12ClNO2S. The van der Waals surface area contributed by atoms with E-state index in [2.05, 4.69) is 4.98 Å². The molecule has 1 heterocycles. The smallest absolute Gasteiger partial charge is 0.226 e. The third-order valence-corrected chi connectivity index (χ3v) is 3.32. The van der Waals surface area contributed by atoms with Crippen LogP contribution in [0, 0.1) is 0 Å². The summed E-state index contributed by atoms with van der Waals surface area (Å²) in [5, 5.41) is 9.34. The van der Waals surface area contributed by atoms with E-state index < -0.39 is 0 Å². The number of rotatable bonds is 5. The molecule has 0 spiro atoms. The molecule has 1 aromatic heterocycles. The maximum Gasteiger partial charge on any atom is 0.226 e. The molecule has 0 aliphatic carbocycles. The molecule has 0 aliphatic heterocycles. The van der Waals surface area contributed by atoms with Crippen LogP contribution in [-0.4, -0.2) is 22.5 Å². The van der Waals surface area contributed by atoms with Crippen LogP contribution in [0.25, 0.3) is 11.5 Å². The van der Waals surface area contributed by atoms with Gasteiger partial charge >= 0.3 is 0 Å². The molecule has 0 saturated carbocycles. The third-order valence-electron chi connectivity index (χ3n) is 2.11. The summed E-state index contributed by atoms with van der Waals surface area (Å²) in [7, 11) is 0. The van der Waals surface area contributed by atoms with E-state index in [0.29, 0.717) is 16.7 Å². The molecule has 0 radical (unpaired) electrons. The lowest BCUT2D eigenvalue weighted by atomic mass is 10.2. The minimum atomic E-state index is 0.184. The monoisotopic (exact) mass is 269 g/mol. The Hall–Kier alpha value is -0.970. The maximum absolute atomic E-state index is 8.68. The summed E-state index contributed by atoms with van der Waals surface area (Å²) in [6.07, 6.45) is 1.64. The fourth-order valence-corrected chi connectivity index (χ4v) is 2.17. The predicted molar refractivity (Wildman–Crippen MR) is 70.2 cm³/mol. The van der Waals surface area contributed by atoms with Gasteiger partial charge in [0.05, 0.1) is 12.3 Å². The molecule has 5 heteroatoms. The standard InChI is InChI=1S/C12H12ClNO2S/c13-10-3-1-2-9(6-10)12-14-11(7-16-12)8-17-5-4-15/h1-3,6-7,15H,4-5,8H2. The van der Waals surface area contributed by atoms with E-state index in [-0.39, 0.29) is 6.61 Å². The molecule has 2 rings (SSSR count). The normalized spacial score (nSPS) is 10.7. The van der Waals surface area contributed by atoms with Crippen molar-refractivity contribution in [2.24, 2.45) is 0 Å². The average molecular weight is 270 g/mol. The zero-order valence-corrected chi connectivity index (χ0v) is 10.7. The van der Waals surface area contributed by atoms with Gasteiger partial charge in [-0.2, -0.15) is 11.8 Å². The van der Waals surface area contributed by atoms with E-state index in [1.54, 1.807) is 18.0 Å². The third kappa shape index (κ3) is 3.49. The van der Waals surface area contributed by atoms with Gasteiger partial charge in [0, 0.05) is 22.1 Å². The fourth-order valence-electron chi connectivity index (χ4n) is 1.37. The Labute approximate surface area is 109 Å². The van der Waals surface area contributed by atoms with Crippen LogP contribution in [0.15, 0.2) is 34.9 Å². The molecule has 0 amide bonds. The minimum Gasteiger partial charge on any atom is -0.444 e. The van der Waals surface area contributed by atoms with Crippen LogP contribution in [0.3, 0.4) is 0 Å². The SMILES string of the molecule is OCCSCc1coc(-c2cccc(Cl)c2)n1. The lowest BCUT2D eigenvalue weighted by Crippen LogP contribution is -1.88. The number of nitrogens with zero attached hydrogens (tertiary/aromatic N) is 1. The van der Waals surface area contributed by atoms with Gasteiger partial charge in [-0.05, 0) is 18.2 Å². The number of oxazole rings is 1. The van der Waals surface area contributed by atoms with Crippen molar-refractivity contribution < 1.29 is 9.52 Å². The van der Waals surface area contributed by atoms with Crippen LogP contribution in [0.2, 0.25) is 5.02 Å². The van der Waals surface area contributed by atoms with Crippen molar-refractivity contribution in [2.45, 2.75) is 5.75 Å². The zero-order chi connectivity index (χ0) is 12.1. The van der Waals surface area contributed by atoms with Gasteiger partial charge in [0.15, 0.2) is 0 Å². The van der Waals surface area contributed by atoms with E-state index in [9.17, 15) is 0 Å².